The molecule has 1 unspecified atom stereocenters. The molecule has 0 radical (unpaired) electrons. The average molecular weight is 536 g/mol. The maximum absolute atomic E-state index is 12.1. The molecule has 2 N–H and O–H groups in total. The van der Waals surface area contributed by atoms with Crippen LogP contribution in [-0.4, -0.2) is 150 Å². The Bertz CT molecular complexity index is 829. The van der Waals surface area contributed by atoms with Crippen LogP contribution in [0.1, 0.15) is 39.5 Å². The first kappa shape index (κ1) is 29.4. The highest BCUT2D eigenvalue weighted by Gasteiger charge is 2.41. The maximum atomic E-state index is 12.1. The van der Waals surface area contributed by atoms with E-state index in [2.05, 4.69) is 20.1 Å². The summed E-state index contributed by atoms with van der Waals surface area (Å²) in [6.45, 7) is 20.1. The van der Waals surface area contributed by atoms with Crippen LogP contribution < -0.4 is 5.32 Å². The number of piperazine rings is 6. The Morgan fingerprint density at radius 2 is 1.53 bits per heavy atom. The van der Waals surface area contributed by atoms with E-state index in [1.165, 1.54) is 65.0 Å². The summed E-state index contributed by atoms with van der Waals surface area (Å²) in [5, 5.41) is 13.1. The third-order valence-corrected chi connectivity index (χ3v) is 9.32. The number of quaternary nitrogens is 2. The second kappa shape index (κ2) is 13.7. The Balaban J connectivity index is 0.000000166. The number of carbonyl (C=O) groups excluding carboxylic acids is 1. The van der Waals surface area contributed by atoms with Gasteiger partial charge in [-0.1, -0.05) is 26.7 Å². The molecule has 7 fully saturated rings. The number of ether oxygens (including phenoxy) is 1. The van der Waals surface area contributed by atoms with Gasteiger partial charge in [-0.25, -0.2) is 4.98 Å². The Morgan fingerprint density at radius 3 is 2.03 bits per heavy atom. The van der Waals surface area contributed by atoms with Crippen molar-refractivity contribution in [1.29, 1.82) is 0 Å². The van der Waals surface area contributed by atoms with Crippen LogP contribution in [0.5, 0.6) is 0 Å². The van der Waals surface area contributed by atoms with E-state index in [1.54, 1.807) is 6.20 Å². The van der Waals surface area contributed by atoms with Crippen LogP contribution in [0, 0.1) is 0 Å². The number of aliphatic hydroxyl groups is 1. The zero-order valence-electron chi connectivity index (χ0n) is 24.2. The third kappa shape index (κ3) is 7.76. The molecule has 1 aliphatic carbocycles. The molecular weight excluding hydrogens is 482 g/mol. The van der Waals surface area contributed by atoms with Gasteiger partial charge in [0.2, 0.25) is 5.95 Å². The van der Waals surface area contributed by atoms with Crippen LogP contribution in [-0.2, 0) is 16.6 Å². The van der Waals surface area contributed by atoms with Crippen LogP contribution in [0.25, 0.3) is 0 Å². The van der Waals surface area contributed by atoms with Gasteiger partial charge in [0.1, 0.15) is 12.6 Å². The van der Waals surface area contributed by atoms with Crippen LogP contribution >= 0.6 is 0 Å². The predicted molar refractivity (Wildman–Crippen MR) is 150 cm³/mol. The van der Waals surface area contributed by atoms with Gasteiger partial charge in [-0.05, 0) is 12.8 Å². The molecular formula is C28H53N7O3+2. The lowest BCUT2D eigenvalue weighted by Crippen LogP contribution is -2.69. The van der Waals surface area contributed by atoms with E-state index in [0.29, 0.717) is 25.2 Å². The molecule has 6 aliphatic heterocycles. The molecule has 0 spiro atoms. The first-order valence-corrected chi connectivity index (χ1v) is 15.1. The fourth-order valence-corrected chi connectivity index (χ4v) is 6.73. The zero-order chi connectivity index (χ0) is 27.0. The van der Waals surface area contributed by atoms with Crippen molar-refractivity contribution in [2.45, 2.75) is 51.7 Å². The number of nitrogens with one attached hydrogen (secondary N) is 1. The zero-order valence-corrected chi connectivity index (χ0v) is 24.2. The van der Waals surface area contributed by atoms with E-state index >= 15 is 0 Å². The van der Waals surface area contributed by atoms with Crippen LogP contribution in [0.2, 0.25) is 0 Å². The number of hydrogen-bond donors (Lipinski definition) is 2. The molecule has 10 heteroatoms. The molecule has 8 rings (SSSR count). The highest BCUT2D eigenvalue weighted by Crippen LogP contribution is 2.23. The van der Waals surface area contributed by atoms with Gasteiger partial charge in [0.15, 0.2) is 6.54 Å². The number of amides is 1. The van der Waals surface area contributed by atoms with Crippen molar-refractivity contribution < 1.29 is 23.6 Å². The summed E-state index contributed by atoms with van der Waals surface area (Å²) in [5.41, 5.74) is 0. The van der Waals surface area contributed by atoms with E-state index < -0.39 is 0 Å². The number of aromatic nitrogens is 2. The molecule has 0 aromatic carbocycles. The van der Waals surface area contributed by atoms with E-state index in [-0.39, 0.29) is 12.0 Å². The number of aliphatic hydroxyl groups excluding tert-OH is 1. The van der Waals surface area contributed by atoms with Gasteiger partial charge in [-0.3, -0.25) is 19.9 Å². The number of hydrogen-bond acceptors (Lipinski definition) is 6. The number of carbonyl (C=O) groups is 1. The van der Waals surface area contributed by atoms with Crippen molar-refractivity contribution in [3.05, 3.63) is 12.4 Å². The smallest absolute Gasteiger partial charge is 0.281 e. The first-order valence-electron chi connectivity index (χ1n) is 15.1. The standard InChI is InChI=1S/C14H27N2O2.C12H19N5O.C2H6/c17-13(12-18-14-3-1-2-4-14)11-16-8-5-15(6-9-16)7-10-16;1-15-3-2-13-12(15)14-11(18)10-17-7-4-16(5-8-17)6-9-17;1-2/h13-14,17H,1-12H2;2-3H,4-10H2,1H3;1-2H3/q+1;;/p+1. The summed E-state index contributed by atoms with van der Waals surface area (Å²) in [6.07, 6.45) is 8.69. The summed E-state index contributed by atoms with van der Waals surface area (Å²) in [6, 6.07) is 0. The summed E-state index contributed by atoms with van der Waals surface area (Å²) in [7, 11) is 1.88. The normalized spacial score (nSPS) is 32.6. The predicted octanol–water partition coefficient (Wildman–Crippen LogP) is 0.983. The van der Waals surface area contributed by atoms with Gasteiger partial charge in [0, 0.05) is 58.7 Å². The van der Waals surface area contributed by atoms with E-state index in [1.807, 2.05) is 31.7 Å². The minimum atomic E-state index is -0.268. The maximum Gasteiger partial charge on any atom is 0.281 e. The molecule has 38 heavy (non-hydrogen) atoms. The molecule has 6 saturated heterocycles. The third-order valence-electron chi connectivity index (χ3n) is 9.32. The Labute approximate surface area is 229 Å². The molecule has 4 bridgehead atoms. The van der Waals surface area contributed by atoms with Crippen molar-refractivity contribution in [1.82, 2.24) is 19.4 Å². The quantitative estimate of drug-likeness (QED) is 0.483. The largest absolute Gasteiger partial charge is 0.385 e. The lowest BCUT2D eigenvalue weighted by atomic mass is 10.1. The molecule has 1 saturated carbocycles. The Hall–Kier alpha value is -1.56. The fourth-order valence-electron chi connectivity index (χ4n) is 6.73. The highest BCUT2D eigenvalue weighted by molar-refractivity contribution is 5.90. The van der Waals surface area contributed by atoms with Crippen molar-refractivity contribution in [2.75, 3.05) is 104 Å². The summed E-state index contributed by atoms with van der Waals surface area (Å²) >= 11 is 0. The number of rotatable bonds is 8. The molecule has 216 valence electrons. The topological polar surface area (TPSA) is 82.9 Å². The molecule has 1 atom stereocenters. The van der Waals surface area contributed by atoms with Gasteiger partial charge in [-0.2, -0.15) is 0 Å². The molecule has 1 aromatic heterocycles. The van der Waals surface area contributed by atoms with Crippen LogP contribution in [0.3, 0.4) is 0 Å². The summed E-state index contributed by atoms with van der Waals surface area (Å²) in [4.78, 5) is 21.3. The summed E-state index contributed by atoms with van der Waals surface area (Å²) < 4.78 is 9.75. The number of aryl methyl sites for hydroxylation is 1. The van der Waals surface area contributed by atoms with Gasteiger partial charge in [0.25, 0.3) is 5.91 Å². The minimum Gasteiger partial charge on any atom is -0.385 e. The second-order valence-corrected chi connectivity index (χ2v) is 11.9. The highest BCUT2D eigenvalue weighted by atomic mass is 16.5. The van der Waals surface area contributed by atoms with Gasteiger partial charge >= 0.3 is 0 Å². The van der Waals surface area contributed by atoms with E-state index in [0.717, 1.165) is 54.8 Å². The number of fused-ring (bicyclic) bond motifs is 6. The molecule has 7 aliphatic rings. The van der Waals surface area contributed by atoms with Crippen LogP contribution in [0.4, 0.5) is 5.95 Å². The van der Waals surface area contributed by atoms with Crippen molar-refractivity contribution in [3.8, 4) is 0 Å². The number of imidazole rings is 1. The lowest BCUT2D eigenvalue weighted by molar-refractivity contribution is -0.943. The Morgan fingerprint density at radius 1 is 1.00 bits per heavy atom. The molecule has 1 aromatic rings. The van der Waals surface area contributed by atoms with Gasteiger partial charge < -0.3 is 23.4 Å². The molecule has 1 amide bonds. The SMILES string of the molecule is CC.Cn1ccnc1NC(=O)C[N+]12CCN(CC1)CC2.OC(COC1CCCC1)C[N+]12CCN(CC1)CC2. The fraction of sp³-hybridized carbons (Fsp3) is 0.857. The number of anilines is 1. The minimum absolute atomic E-state index is 0.0830. The lowest BCUT2D eigenvalue weighted by Gasteiger charge is -2.51. The molecule has 10 nitrogen and oxygen atoms in total. The monoisotopic (exact) mass is 535 g/mol. The van der Waals surface area contributed by atoms with Crippen LogP contribution in [0.15, 0.2) is 12.4 Å². The molecule has 7 heterocycles. The van der Waals surface area contributed by atoms with Gasteiger partial charge in [-0.15, -0.1) is 0 Å². The van der Waals surface area contributed by atoms with Crippen molar-refractivity contribution >= 4 is 11.9 Å². The van der Waals surface area contributed by atoms with E-state index in [4.69, 9.17) is 4.74 Å². The summed E-state index contributed by atoms with van der Waals surface area (Å²) in [5.74, 6) is 0.716. The average Bonchev–Trinajstić information content (AvgIpc) is 3.62. The second-order valence-electron chi connectivity index (χ2n) is 11.9. The van der Waals surface area contributed by atoms with E-state index in [9.17, 15) is 9.90 Å². The Kier molecular flexibility index (Phi) is 10.6. The van der Waals surface area contributed by atoms with Crippen molar-refractivity contribution in [2.24, 2.45) is 7.05 Å². The first-order chi connectivity index (χ1) is 18.4. The number of nitrogens with zero attached hydrogens (tertiary/aromatic N) is 6. The van der Waals surface area contributed by atoms with Crippen molar-refractivity contribution in [3.63, 3.8) is 0 Å². The van der Waals surface area contributed by atoms with Gasteiger partial charge in [0.05, 0.1) is 52.0 Å².